The van der Waals surface area contributed by atoms with E-state index in [0.717, 1.165) is 17.8 Å². The van der Waals surface area contributed by atoms with Crippen LogP contribution in [0.4, 0.5) is 24.5 Å². The Balaban J connectivity index is 1.79. The first kappa shape index (κ1) is 23.1. The lowest BCUT2D eigenvalue weighted by atomic mass is 10.1. The lowest BCUT2D eigenvalue weighted by Gasteiger charge is -2.12. The number of hydrogen-bond acceptors (Lipinski definition) is 3. The number of anilines is 2. The highest BCUT2D eigenvalue weighted by atomic mass is 19.4. The molecule has 168 valence electrons. The number of aromatic nitrogens is 2. The first-order valence-corrected chi connectivity index (χ1v) is 9.92. The number of rotatable bonds is 5. The smallest absolute Gasteiger partial charge is 0.322 e. The standard InChI is InChI=1S/C23H23F3N4O2/c1-13(2)30-15(4)10-20(29-30)22(32)28-19-11-16(9-8-14(19)3)21(31)27-18-7-5-6-17(12-18)23(24,25)26/h5-13H,1-4H3,(H,27,31)(H,28,32). The van der Waals surface area contributed by atoms with Gasteiger partial charge in [0.2, 0.25) is 0 Å². The predicted molar refractivity (Wildman–Crippen MR) is 116 cm³/mol. The molecular weight excluding hydrogens is 421 g/mol. The summed E-state index contributed by atoms with van der Waals surface area (Å²) in [6.07, 6.45) is -4.51. The van der Waals surface area contributed by atoms with E-state index in [1.807, 2.05) is 20.8 Å². The summed E-state index contributed by atoms with van der Waals surface area (Å²) in [5.41, 5.74) is 1.56. The third-order valence-electron chi connectivity index (χ3n) is 4.84. The predicted octanol–water partition coefficient (Wildman–Crippen LogP) is 5.60. The molecule has 3 aromatic rings. The number of benzene rings is 2. The van der Waals surface area contributed by atoms with Crippen LogP contribution < -0.4 is 10.6 Å². The normalized spacial score (nSPS) is 11.5. The van der Waals surface area contributed by atoms with Gasteiger partial charge in [0.25, 0.3) is 11.8 Å². The van der Waals surface area contributed by atoms with E-state index in [1.54, 1.807) is 23.7 Å². The van der Waals surface area contributed by atoms with Gasteiger partial charge in [0.15, 0.2) is 5.69 Å². The van der Waals surface area contributed by atoms with Crippen molar-refractivity contribution in [3.05, 3.63) is 76.6 Å². The number of nitrogens with one attached hydrogen (secondary N) is 2. The van der Waals surface area contributed by atoms with Crippen molar-refractivity contribution in [2.24, 2.45) is 0 Å². The van der Waals surface area contributed by atoms with Crippen LogP contribution in [0.3, 0.4) is 0 Å². The molecular formula is C23H23F3N4O2. The van der Waals surface area contributed by atoms with Crippen molar-refractivity contribution in [1.82, 2.24) is 9.78 Å². The molecule has 1 aromatic heterocycles. The fraction of sp³-hybridized carbons (Fsp3) is 0.261. The molecule has 0 aliphatic heterocycles. The molecule has 32 heavy (non-hydrogen) atoms. The van der Waals surface area contributed by atoms with Crippen molar-refractivity contribution >= 4 is 23.2 Å². The first-order valence-electron chi connectivity index (χ1n) is 9.92. The largest absolute Gasteiger partial charge is 0.416 e. The third kappa shape index (κ3) is 5.16. The average Bonchev–Trinajstić information content (AvgIpc) is 3.11. The summed E-state index contributed by atoms with van der Waals surface area (Å²) >= 11 is 0. The molecule has 0 atom stereocenters. The Labute approximate surface area is 183 Å². The molecule has 0 saturated carbocycles. The SMILES string of the molecule is Cc1ccc(C(=O)Nc2cccc(C(F)(F)F)c2)cc1NC(=O)c1cc(C)n(C(C)C)n1. The summed E-state index contributed by atoms with van der Waals surface area (Å²) in [6.45, 7) is 7.53. The van der Waals surface area contributed by atoms with Gasteiger partial charge in [0.1, 0.15) is 0 Å². The van der Waals surface area contributed by atoms with Gasteiger partial charge in [-0.3, -0.25) is 14.3 Å². The number of alkyl halides is 3. The molecule has 2 aromatic carbocycles. The van der Waals surface area contributed by atoms with Crippen molar-refractivity contribution in [3.63, 3.8) is 0 Å². The van der Waals surface area contributed by atoms with E-state index < -0.39 is 23.6 Å². The molecule has 9 heteroatoms. The Kier molecular flexibility index (Phi) is 6.38. The number of halogens is 3. The van der Waals surface area contributed by atoms with E-state index in [1.165, 1.54) is 24.3 Å². The minimum Gasteiger partial charge on any atom is -0.322 e. The quantitative estimate of drug-likeness (QED) is 0.538. The molecule has 2 amide bonds. The van der Waals surface area contributed by atoms with Gasteiger partial charge in [0.05, 0.1) is 5.56 Å². The highest BCUT2D eigenvalue weighted by Gasteiger charge is 2.30. The lowest BCUT2D eigenvalue weighted by Crippen LogP contribution is -2.17. The Hall–Kier alpha value is -3.62. The molecule has 1 heterocycles. The Bertz CT molecular complexity index is 1170. The second-order valence-corrected chi connectivity index (χ2v) is 7.73. The van der Waals surface area contributed by atoms with E-state index in [-0.39, 0.29) is 23.0 Å². The van der Waals surface area contributed by atoms with E-state index in [4.69, 9.17) is 0 Å². The molecule has 0 spiro atoms. The van der Waals surface area contributed by atoms with E-state index in [9.17, 15) is 22.8 Å². The van der Waals surface area contributed by atoms with Gasteiger partial charge in [-0.05, 0) is 69.7 Å². The highest BCUT2D eigenvalue weighted by molar-refractivity contribution is 6.07. The topological polar surface area (TPSA) is 76.0 Å². The van der Waals surface area contributed by atoms with Crippen LogP contribution in [-0.4, -0.2) is 21.6 Å². The Morgan fingerprint density at radius 1 is 0.969 bits per heavy atom. The van der Waals surface area contributed by atoms with Gasteiger partial charge in [-0.15, -0.1) is 0 Å². The summed E-state index contributed by atoms with van der Waals surface area (Å²) in [5, 5.41) is 9.52. The summed E-state index contributed by atoms with van der Waals surface area (Å²) < 4.78 is 40.4. The fourth-order valence-electron chi connectivity index (χ4n) is 3.18. The molecule has 0 fully saturated rings. The number of hydrogen-bond donors (Lipinski definition) is 2. The molecule has 3 rings (SSSR count). The van der Waals surface area contributed by atoms with Gasteiger partial charge in [-0.2, -0.15) is 18.3 Å². The molecule has 0 saturated heterocycles. The monoisotopic (exact) mass is 444 g/mol. The number of nitrogens with zero attached hydrogens (tertiary/aromatic N) is 2. The van der Waals surface area contributed by atoms with Gasteiger partial charge in [-0.25, -0.2) is 0 Å². The molecule has 6 nitrogen and oxygen atoms in total. The minimum absolute atomic E-state index is 0.0192. The average molecular weight is 444 g/mol. The van der Waals surface area contributed by atoms with Crippen LogP contribution in [0.15, 0.2) is 48.5 Å². The van der Waals surface area contributed by atoms with Crippen LogP contribution in [0.25, 0.3) is 0 Å². The Morgan fingerprint density at radius 2 is 1.69 bits per heavy atom. The van der Waals surface area contributed by atoms with Crippen LogP contribution in [-0.2, 0) is 6.18 Å². The lowest BCUT2D eigenvalue weighted by molar-refractivity contribution is -0.137. The van der Waals surface area contributed by atoms with Gasteiger partial charge in [-0.1, -0.05) is 12.1 Å². The summed E-state index contributed by atoms with van der Waals surface area (Å²) in [7, 11) is 0. The minimum atomic E-state index is -4.51. The van der Waals surface area contributed by atoms with Gasteiger partial charge < -0.3 is 10.6 Å². The summed E-state index contributed by atoms with van der Waals surface area (Å²) in [4.78, 5) is 25.3. The molecule has 0 unspecified atom stereocenters. The van der Waals surface area contributed by atoms with Crippen LogP contribution in [0, 0.1) is 13.8 Å². The van der Waals surface area contributed by atoms with Crippen LogP contribution in [0.2, 0.25) is 0 Å². The number of amides is 2. The van der Waals surface area contributed by atoms with Crippen LogP contribution in [0.1, 0.15) is 57.6 Å². The van der Waals surface area contributed by atoms with E-state index in [2.05, 4.69) is 15.7 Å². The second-order valence-electron chi connectivity index (χ2n) is 7.73. The maximum atomic E-state index is 12.9. The number of carbonyl (C=O) groups excluding carboxylic acids is 2. The zero-order chi connectivity index (χ0) is 23.6. The number of carbonyl (C=O) groups is 2. The zero-order valence-electron chi connectivity index (χ0n) is 18.0. The van der Waals surface area contributed by atoms with E-state index in [0.29, 0.717) is 11.3 Å². The molecule has 0 aliphatic rings. The van der Waals surface area contributed by atoms with Crippen molar-refractivity contribution in [1.29, 1.82) is 0 Å². The molecule has 2 N–H and O–H groups in total. The van der Waals surface area contributed by atoms with Crippen molar-refractivity contribution in [2.45, 2.75) is 39.9 Å². The maximum absolute atomic E-state index is 12.9. The number of aryl methyl sites for hydroxylation is 2. The highest BCUT2D eigenvalue weighted by Crippen LogP contribution is 2.31. The van der Waals surface area contributed by atoms with Crippen molar-refractivity contribution < 1.29 is 22.8 Å². The third-order valence-corrected chi connectivity index (χ3v) is 4.84. The second kappa shape index (κ2) is 8.86. The summed E-state index contributed by atoms with van der Waals surface area (Å²) in [6, 6.07) is 10.8. The zero-order valence-corrected chi connectivity index (χ0v) is 18.0. The van der Waals surface area contributed by atoms with Gasteiger partial charge >= 0.3 is 6.18 Å². The van der Waals surface area contributed by atoms with Gasteiger partial charge in [0, 0.05) is 28.7 Å². The van der Waals surface area contributed by atoms with Crippen LogP contribution >= 0.6 is 0 Å². The molecule has 0 radical (unpaired) electrons. The van der Waals surface area contributed by atoms with Crippen molar-refractivity contribution in [2.75, 3.05) is 10.6 Å². The fourth-order valence-corrected chi connectivity index (χ4v) is 3.18. The maximum Gasteiger partial charge on any atom is 0.416 e. The summed E-state index contributed by atoms with van der Waals surface area (Å²) in [5.74, 6) is -1.02. The van der Waals surface area contributed by atoms with Crippen molar-refractivity contribution in [3.8, 4) is 0 Å². The first-order chi connectivity index (χ1) is 15.0. The Morgan fingerprint density at radius 3 is 2.31 bits per heavy atom. The van der Waals surface area contributed by atoms with Crippen LogP contribution in [0.5, 0.6) is 0 Å². The van der Waals surface area contributed by atoms with E-state index >= 15 is 0 Å². The molecule has 0 bridgehead atoms. The molecule has 0 aliphatic carbocycles.